The van der Waals surface area contributed by atoms with E-state index < -0.39 is 0 Å². The summed E-state index contributed by atoms with van der Waals surface area (Å²) in [5, 5.41) is 8.03. The topological polar surface area (TPSA) is 45.5 Å². The molecule has 0 aromatic carbocycles. The Bertz CT molecular complexity index is 627. The van der Waals surface area contributed by atoms with Crippen LogP contribution in [0.2, 0.25) is 0 Å². The van der Waals surface area contributed by atoms with Crippen LogP contribution in [0.3, 0.4) is 0 Å². The second-order valence-corrected chi connectivity index (χ2v) is 6.54. The summed E-state index contributed by atoms with van der Waals surface area (Å²) < 4.78 is 1.91. The SMILES string of the molecule is Cc1cc(NCCCN(C)C2CCCC2)n2nc(C)cc2n1. The van der Waals surface area contributed by atoms with Crippen molar-refractivity contribution in [3.63, 3.8) is 0 Å². The van der Waals surface area contributed by atoms with Crippen LogP contribution in [0.1, 0.15) is 43.5 Å². The van der Waals surface area contributed by atoms with Gasteiger partial charge in [0.05, 0.1) is 5.69 Å². The average molecular weight is 301 g/mol. The van der Waals surface area contributed by atoms with Crippen LogP contribution >= 0.6 is 0 Å². The third-order valence-corrected chi connectivity index (χ3v) is 4.62. The van der Waals surface area contributed by atoms with Gasteiger partial charge in [0.2, 0.25) is 0 Å². The quantitative estimate of drug-likeness (QED) is 0.833. The molecule has 22 heavy (non-hydrogen) atoms. The van der Waals surface area contributed by atoms with Crippen molar-refractivity contribution in [3.8, 4) is 0 Å². The van der Waals surface area contributed by atoms with Gasteiger partial charge in [-0.25, -0.2) is 4.98 Å². The highest BCUT2D eigenvalue weighted by Gasteiger charge is 2.18. The maximum absolute atomic E-state index is 4.52. The molecule has 0 spiro atoms. The lowest BCUT2D eigenvalue weighted by atomic mass is 10.2. The van der Waals surface area contributed by atoms with E-state index in [0.717, 1.165) is 48.4 Å². The number of hydrogen-bond acceptors (Lipinski definition) is 4. The average Bonchev–Trinajstić information content (AvgIpc) is 3.11. The predicted octanol–water partition coefficient (Wildman–Crippen LogP) is 3.02. The lowest BCUT2D eigenvalue weighted by Crippen LogP contribution is -2.31. The molecule has 2 aromatic rings. The highest BCUT2D eigenvalue weighted by atomic mass is 15.3. The number of fused-ring (bicyclic) bond motifs is 1. The van der Waals surface area contributed by atoms with Crippen LogP contribution < -0.4 is 5.32 Å². The fourth-order valence-electron chi connectivity index (χ4n) is 3.41. The molecular weight excluding hydrogens is 274 g/mol. The van der Waals surface area contributed by atoms with Gasteiger partial charge in [-0.2, -0.15) is 9.61 Å². The van der Waals surface area contributed by atoms with E-state index in [1.165, 1.54) is 25.7 Å². The Labute approximate surface area is 132 Å². The molecular formula is C17H27N5. The van der Waals surface area contributed by atoms with Crippen LogP contribution in [-0.2, 0) is 0 Å². The number of nitrogens with zero attached hydrogens (tertiary/aromatic N) is 4. The van der Waals surface area contributed by atoms with Crippen molar-refractivity contribution >= 4 is 11.5 Å². The predicted molar refractivity (Wildman–Crippen MR) is 90.5 cm³/mol. The molecule has 0 bridgehead atoms. The summed E-state index contributed by atoms with van der Waals surface area (Å²) in [4.78, 5) is 7.05. The molecule has 2 aromatic heterocycles. The van der Waals surface area contributed by atoms with Crippen molar-refractivity contribution in [2.45, 2.75) is 52.0 Å². The molecule has 1 saturated carbocycles. The van der Waals surface area contributed by atoms with Crippen molar-refractivity contribution in [2.75, 3.05) is 25.5 Å². The van der Waals surface area contributed by atoms with Crippen LogP contribution in [0.4, 0.5) is 5.82 Å². The number of nitrogens with one attached hydrogen (secondary N) is 1. The van der Waals surface area contributed by atoms with Crippen LogP contribution in [0.25, 0.3) is 5.65 Å². The standard InChI is InChI=1S/C17H27N5/c1-13-11-16(22-17(19-13)12-14(2)20-22)18-9-6-10-21(3)15-7-4-5-8-15/h11-12,15,18H,4-10H2,1-3H3. The van der Waals surface area contributed by atoms with Crippen molar-refractivity contribution in [1.29, 1.82) is 0 Å². The van der Waals surface area contributed by atoms with E-state index in [-0.39, 0.29) is 0 Å². The highest BCUT2D eigenvalue weighted by Crippen LogP contribution is 2.22. The third kappa shape index (κ3) is 3.40. The maximum Gasteiger partial charge on any atom is 0.157 e. The van der Waals surface area contributed by atoms with Gasteiger partial charge in [0.15, 0.2) is 5.65 Å². The number of rotatable bonds is 6. The Kier molecular flexibility index (Phi) is 4.62. The number of aromatic nitrogens is 3. The van der Waals surface area contributed by atoms with Gasteiger partial charge in [-0.3, -0.25) is 0 Å². The van der Waals surface area contributed by atoms with Crippen molar-refractivity contribution < 1.29 is 0 Å². The zero-order valence-corrected chi connectivity index (χ0v) is 14.0. The molecule has 3 rings (SSSR count). The largest absolute Gasteiger partial charge is 0.370 e. The number of anilines is 1. The van der Waals surface area contributed by atoms with E-state index in [4.69, 9.17) is 0 Å². The van der Waals surface area contributed by atoms with Crippen LogP contribution in [-0.4, -0.2) is 45.7 Å². The van der Waals surface area contributed by atoms with Crippen LogP contribution in [0.5, 0.6) is 0 Å². The molecule has 1 fully saturated rings. The molecule has 1 N–H and O–H groups in total. The molecule has 0 atom stereocenters. The molecule has 0 amide bonds. The Morgan fingerprint density at radius 2 is 2.00 bits per heavy atom. The summed E-state index contributed by atoms with van der Waals surface area (Å²) in [5.74, 6) is 1.04. The van der Waals surface area contributed by atoms with Gasteiger partial charge in [0, 0.05) is 30.4 Å². The Morgan fingerprint density at radius 1 is 1.23 bits per heavy atom. The van der Waals surface area contributed by atoms with E-state index in [0.29, 0.717) is 0 Å². The minimum Gasteiger partial charge on any atom is -0.370 e. The molecule has 0 unspecified atom stereocenters. The smallest absolute Gasteiger partial charge is 0.157 e. The van der Waals surface area contributed by atoms with Crippen molar-refractivity contribution in [3.05, 3.63) is 23.5 Å². The first-order valence-corrected chi connectivity index (χ1v) is 8.41. The molecule has 120 valence electrons. The lowest BCUT2D eigenvalue weighted by molar-refractivity contribution is 0.245. The van der Waals surface area contributed by atoms with Gasteiger partial charge < -0.3 is 10.2 Å². The monoisotopic (exact) mass is 301 g/mol. The number of hydrogen-bond donors (Lipinski definition) is 1. The Balaban J connectivity index is 1.55. The normalized spacial score (nSPS) is 16.0. The van der Waals surface area contributed by atoms with Crippen LogP contribution in [0.15, 0.2) is 12.1 Å². The van der Waals surface area contributed by atoms with E-state index in [2.05, 4.69) is 33.4 Å². The summed E-state index contributed by atoms with van der Waals surface area (Å²) in [6.45, 7) is 6.16. The van der Waals surface area contributed by atoms with E-state index in [1.54, 1.807) is 0 Å². The fraction of sp³-hybridized carbons (Fsp3) is 0.647. The molecule has 5 heteroatoms. The summed E-state index contributed by atoms with van der Waals surface area (Å²) in [6.07, 6.45) is 6.71. The van der Waals surface area contributed by atoms with Crippen LogP contribution in [0, 0.1) is 13.8 Å². The van der Waals surface area contributed by atoms with Gasteiger partial charge >= 0.3 is 0 Å². The molecule has 1 aliphatic carbocycles. The fourth-order valence-corrected chi connectivity index (χ4v) is 3.41. The zero-order valence-electron chi connectivity index (χ0n) is 14.0. The van der Waals surface area contributed by atoms with Gasteiger partial charge in [0.25, 0.3) is 0 Å². The highest BCUT2D eigenvalue weighted by molar-refractivity contribution is 5.50. The zero-order chi connectivity index (χ0) is 15.5. The van der Waals surface area contributed by atoms with Gasteiger partial charge in [-0.15, -0.1) is 0 Å². The second-order valence-electron chi connectivity index (χ2n) is 6.54. The van der Waals surface area contributed by atoms with Gasteiger partial charge in [0.1, 0.15) is 5.82 Å². The first-order chi connectivity index (χ1) is 10.6. The van der Waals surface area contributed by atoms with E-state index in [9.17, 15) is 0 Å². The molecule has 0 aliphatic heterocycles. The summed E-state index contributed by atoms with van der Waals surface area (Å²) in [6, 6.07) is 4.90. The molecule has 1 aliphatic rings. The van der Waals surface area contributed by atoms with Gasteiger partial charge in [-0.1, -0.05) is 12.8 Å². The van der Waals surface area contributed by atoms with Crippen molar-refractivity contribution in [2.24, 2.45) is 0 Å². The second kappa shape index (κ2) is 6.65. The van der Waals surface area contributed by atoms with Crippen molar-refractivity contribution in [1.82, 2.24) is 19.5 Å². The van der Waals surface area contributed by atoms with E-state index >= 15 is 0 Å². The minimum atomic E-state index is 0.809. The van der Waals surface area contributed by atoms with Gasteiger partial charge in [-0.05, 0) is 46.7 Å². The van der Waals surface area contributed by atoms with E-state index in [1.807, 2.05) is 24.4 Å². The first-order valence-electron chi connectivity index (χ1n) is 8.41. The maximum atomic E-state index is 4.52. The molecule has 5 nitrogen and oxygen atoms in total. The first kappa shape index (κ1) is 15.3. The summed E-state index contributed by atoms with van der Waals surface area (Å²) in [7, 11) is 2.27. The molecule has 2 heterocycles. The Morgan fingerprint density at radius 3 is 2.77 bits per heavy atom. The molecule has 0 saturated heterocycles. The molecule has 0 radical (unpaired) electrons. The number of aryl methyl sites for hydroxylation is 2. The lowest BCUT2D eigenvalue weighted by Gasteiger charge is -2.23. The Hall–Kier alpha value is -1.62. The minimum absolute atomic E-state index is 0.809. The summed E-state index contributed by atoms with van der Waals surface area (Å²) >= 11 is 0. The summed E-state index contributed by atoms with van der Waals surface area (Å²) in [5.41, 5.74) is 2.95. The third-order valence-electron chi connectivity index (χ3n) is 4.62.